The van der Waals surface area contributed by atoms with Crippen LogP contribution < -0.4 is 5.73 Å². The molecule has 0 aliphatic heterocycles. The van der Waals surface area contributed by atoms with E-state index in [4.69, 9.17) is 5.73 Å². The summed E-state index contributed by atoms with van der Waals surface area (Å²) in [5.41, 5.74) is 8.01. The molecular weight excluding hydrogens is 334 g/mol. The molecule has 0 fully saturated rings. The van der Waals surface area contributed by atoms with Crippen molar-refractivity contribution < 1.29 is 4.92 Å². The topological polar surface area (TPSA) is 72.4 Å². The van der Waals surface area contributed by atoms with Gasteiger partial charge in [-0.05, 0) is 36.4 Å². The van der Waals surface area contributed by atoms with Crippen molar-refractivity contribution in [3.63, 3.8) is 0 Å². The molecule has 0 saturated carbocycles. The Balaban J connectivity index is 2.04. The average Bonchev–Trinajstić information content (AvgIpc) is 2.38. The lowest BCUT2D eigenvalue weighted by Gasteiger charge is -2.17. The zero-order valence-corrected chi connectivity index (χ0v) is 13.2. The maximum atomic E-state index is 10.7. The van der Waals surface area contributed by atoms with Crippen molar-refractivity contribution in [2.45, 2.75) is 13.1 Å². The first kappa shape index (κ1) is 15.5. The Morgan fingerprint density at radius 2 is 1.86 bits per heavy atom. The lowest BCUT2D eigenvalue weighted by molar-refractivity contribution is -0.383. The van der Waals surface area contributed by atoms with Crippen LogP contribution in [0.25, 0.3) is 0 Å². The molecule has 0 aliphatic carbocycles. The molecule has 0 heterocycles. The van der Waals surface area contributed by atoms with Crippen LogP contribution in [0.3, 0.4) is 0 Å². The largest absolute Gasteiger partial charge is 0.393 e. The van der Waals surface area contributed by atoms with E-state index in [0.717, 1.165) is 16.6 Å². The van der Waals surface area contributed by atoms with Crippen LogP contribution in [0, 0.1) is 10.1 Å². The first-order chi connectivity index (χ1) is 9.95. The van der Waals surface area contributed by atoms with Gasteiger partial charge in [0, 0.05) is 23.6 Å². The lowest BCUT2D eigenvalue weighted by Crippen LogP contribution is -2.17. The highest BCUT2D eigenvalue weighted by molar-refractivity contribution is 9.10. The Hall–Kier alpha value is -1.92. The van der Waals surface area contributed by atoms with Crippen molar-refractivity contribution in [2.24, 2.45) is 0 Å². The minimum absolute atomic E-state index is 0.0478. The predicted molar refractivity (Wildman–Crippen MR) is 86.8 cm³/mol. The van der Waals surface area contributed by atoms with E-state index in [1.165, 1.54) is 11.6 Å². The zero-order chi connectivity index (χ0) is 15.4. The molecule has 0 atom stereocenters. The SMILES string of the molecule is CN(Cc1cccc(Br)c1)Cc1ccc([N+](=O)[O-])c(N)c1. The van der Waals surface area contributed by atoms with Gasteiger partial charge in [0.05, 0.1) is 4.92 Å². The molecule has 0 bridgehead atoms. The molecule has 21 heavy (non-hydrogen) atoms. The van der Waals surface area contributed by atoms with E-state index < -0.39 is 4.92 Å². The van der Waals surface area contributed by atoms with Gasteiger partial charge in [-0.25, -0.2) is 0 Å². The minimum Gasteiger partial charge on any atom is -0.393 e. The van der Waals surface area contributed by atoms with Gasteiger partial charge in [0.1, 0.15) is 5.69 Å². The molecule has 0 radical (unpaired) electrons. The van der Waals surface area contributed by atoms with E-state index in [2.05, 4.69) is 33.0 Å². The summed E-state index contributed by atoms with van der Waals surface area (Å²) >= 11 is 3.45. The highest BCUT2D eigenvalue weighted by atomic mass is 79.9. The molecular formula is C15H16BrN3O2. The molecule has 2 aromatic carbocycles. The number of halogens is 1. The van der Waals surface area contributed by atoms with Gasteiger partial charge in [0.15, 0.2) is 0 Å². The number of nitrogen functional groups attached to an aromatic ring is 1. The highest BCUT2D eigenvalue weighted by Crippen LogP contribution is 2.23. The maximum Gasteiger partial charge on any atom is 0.292 e. The summed E-state index contributed by atoms with van der Waals surface area (Å²) in [4.78, 5) is 12.4. The molecule has 6 heteroatoms. The van der Waals surface area contributed by atoms with Crippen LogP contribution in [0.15, 0.2) is 46.9 Å². The van der Waals surface area contributed by atoms with Gasteiger partial charge >= 0.3 is 0 Å². The third-order valence-corrected chi connectivity index (χ3v) is 3.58. The van der Waals surface area contributed by atoms with E-state index in [9.17, 15) is 10.1 Å². The van der Waals surface area contributed by atoms with E-state index in [1.807, 2.05) is 19.2 Å². The molecule has 5 nitrogen and oxygen atoms in total. The molecule has 2 aromatic rings. The summed E-state index contributed by atoms with van der Waals surface area (Å²) in [6.45, 7) is 1.46. The standard InChI is InChI=1S/C15H16BrN3O2/c1-18(9-11-3-2-4-13(16)7-11)10-12-5-6-15(19(20)21)14(17)8-12/h2-8H,9-10,17H2,1H3. The smallest absolute Gasteiger partial charge is 0.292 e. The summed E-state index contributed by atoms with van der Waals surface area (Å²) in [7, 11) is 2.00. The van der Waals surface area contributed by atoms with Crippen molar-refractivity contribution >= 4 is 27.3 Å². The Bertz CT molecular complexity index is 661. The monoisotopic (exact) mass is 349 g/mol. The zero-order valence-electron chi connectivity index (χ0n) is 11.6. The summed E-state index contributed by atoms with van der Waals surface area (Å²) in [6.07, 6.45) is 0. The van der Waals surface area contributed by atoms with E-state index in [0.29, 0.717) is 6.54 Å². The van der Waals surface area contributed by atoms with E-state index in [1.54, 1.807) is 12.1 Å². The van der Waals surface area contributed by atoms with Crippen LogP contribution >= 0.6 is 15.9 Å². The minimum atomic E-state index is -0.468. The fourth-order valence-electron chi connectivity index (χ4n) is 2.18. The second kappa shape index (κ2) is 6.69. The summed E-state index contributed by atoms with van der Waals surface area (Å²) in [6, 6.07) is 13.0. The van der Waals surface area contributed by atoms with Crippen LogP contribution in [0.4, 0.5) is 11.4 Å². The average molecular weight is 350 g/mol. The fourth-order valence-corrected chi connectivity index (χ4v) is 2.63. The van der Waals surface area contributed by atoms with Crippen LogP contribution in [0.5, 0.6) is 0 Å². The van der Waals surface area contributed by atoms with Gasteiger partial charge < -0.3 is 5.73 Å². The van der Waals surface area contributed by atoms with Gasteiger partial charge in [-0.15, -0.1) is 0 Å². The normalized spacial score (nSPS) is 10.8. The molecule has 0 unspecified atom stereocenters. The van der Waals surface area contributed by atoms with E-state index in [-0.39, 0.29) is 11.4 Å². The second-order valence-electron chi connectivity index (χ2n) is 4.95. The van der Waals surface area contributed by atoms with Crippen LogP contribution in [0.1, 0.15) is 11.1 Å². The van der Waals surface area contributed by atoms with Crippen molar-refractivity contribution in [3.05, 3.63) is 68.2 Å². The van der Waals surface area contributed by atoms with Crippen molar-refractivity contribution in [3.8, 4) is 0 Å². The number of rotatable bonds is 5. The molecule has 0 saturated heterocycles. The number of hydrogen-bond donors (Lipinski definition) is 1. The number of nitrogens with zero attached hydrogens (tertiary/aromatic N) is 2. The number of nitro groups is 1. The van der Waals surface area contributed by atoms with Gasteiger partial charge in [0.25, 0.3) is 5.69 Å². The fraction of sp³-hybridized carbons (Fsp3) is 0.200. The molecule has 0 amide bonds. The number of nitrogens with two attached hydrogens (primary N) is 1. The predicted octanol–water partition coefficient (Wildman–Crippen LogP) is 3.57. The van der Waals surface area contributed by atoms with Crippen molar-refractivity contribution in [2.75, 3.05) is 12.8 Å². The second-order valence-corrected chi connectivity index (χ2v) is 5.87. The van der Waals surface area contributed by atoms with Crippen molar-refractivity contribution in [1.82, 2.24) is 4.90 Å². The molecule has 0 spiro atoms. The van der Waals surface area contributed by atoms with Crippen LogP contribution in [0.2, 0.25) is 0 Å². The van der Waals surface area contributed by atoms with Gasteiger partial charge in [0.2, 0.25) is 0 Å². The third-order valence-electron chi connectivity index (χ3n) is 3.08. The Labute approximate surface area is 131 Å². The van der Waals surface area contributed by atoms with Crippen LogP contribution in [-0.4, -0.2) is 16.9 Å². The first-order valence-corrected chi connectivity index (χ1v) is 7.21. The Kier molecular flexibility index (Phi) is 4.93. The van der Waals surface area contributed by atoms with E-state index >= 15 is 0 Å². The molecule has 0 aliphatic rings. The maximum absolute atomic E-state index is 10.7. The lowest BCUT2D eigenvalue weighted by atomic mass is 10.1. The van der Waals surface area contributed by atoms with Crippen molar-refractivity contribution in [1.29, 1.82) is 0 Å². The summed E-state index contributed by atoms with van der Waals surface area (Å²) < 4.78 is 1.05. The van der Waals surface area contributed by atoms with Crippen LogP contribution in [-0.2, 0) is 13.1 Å². The number of hydrogen-bond acceptors (Lipinski definition) is 4. The number of benzene rings is 2. The third kappa shape index (κ3) is 4.27. The van der Waals surface area contributed by atoms with Gasteiger partial charge in [-0.1, -0.05) is 34.1 Å². The number of anilines is 1. The molecule has 110 valence electrons. The summed E-state index contributed by atoms with van der Waals surface area (Å²) in [5.74, 6) is 0. The first-order valence-electron chi connectivity index (χ1n) is 6.41. The number of nitro benzene ring substituents is 1. The molecule has 0 aromatic heterocycles. The Morgan fingerprint density at radius 1 is 1.19 bits per heavy atom. The quantitative estimate of drug-likeness (QED) is 0.508. The summed E-state index contributed by atoms with van der Waals surface area (Å²) in [5, 5.41) is 10.7. The molecule has 2 N–H and O–H groups in total. The van der Waals surface area contributed by atoms with Gasteiger partial charge in [-0.2, -0.15) is 0 Å². The molecule has 2 rings (SSSR count). The highest BCUT2D eigenvalue weighted by Gasteiger charge is 2.12. The van der Waals surface area contributed by atoms with Gasteiger partial charge in [-0.3, -0.25) is 15.0 Å². The Morgan fingerprint density at radius 3 is 2.43 bits per heavy atom.